The lowest BCUT2D eigenvalue weighted by atomic mass is 10.1. The molecule has 0 aliphatic carbocycles. The Bertz CT molecular complexity index is 649. The lowest BCUT2D eigenvalue weighted by molar-refractivity contribution is 0.245. The van der Waals surface area contributed by atoms with Gasteiger partial charge in [-0.2, -0.15) is 0 Å². The summed E-state index contributed by atoms with van der Waals surface area (Å²) >= 11 is 0. The summed E-state index contributed by atoms with van der Waals surface area (Å²) in [6.07, 6.45) is 2.50. The third-order valence-corrected chi connectivity index (χ3v) is 6.97. The highest BCUT2D eigenvalue weighted by atomic mass is 32.2. The van der Waals surface area contributed by atoms with Crippen molar-refractivity contribution in [1.29, 1.82) is 0 Å². The van der Waals surface area contributed by atoms with Crippen LogP contribution in [0.1, 0.15) is 45.2 Å². The van der Waals surface area contributed by atoms with Gasteiger partial charge >= 0.3 is 0 Å². The number of nitrogens with one attached hydrogen (secondary N) is 2. The fourth-order valence-electron chi connectivity index (χ4n) is 3.32. The van der Waals surface area contributed by atoms with Crippen molar-refractivity contribution >= 4 is 16.8 Å². The number of guanidine groups is 1. The zero-order valence-electron chi connectivity index (χ0n) is 18.0. The summed E-state index contributed by atoms with van der Waals surface area (Å²) in [5.41, 5.74) is 1.28. The first kappa shape index (κ1) is 22.7. The van der Waals surface area contributed by atoms with Crippen LogP contribution < -0.4 is 15.4 Å². The topological polar surface area (TPSA) is 66.0 Å². The van der Waals surface area contributed by atoms with Crippen LogP contribution in [0.2, 0.25) is 0 Å². The van der Waals surface area contributed by atoms with Gasteiger partial charge in [-0.1, -0.05) is 12.1 Å². The van der Waals surface area contributed by atoms with Crippen molar-refractivity contribution in [2.45, 2.75) is 44.4 Å². The van der Waals surface area contributed by atoms with E-state index in [0.29, 0.717) is 12.3 Å². The third kappa shape index (κ3) is 6.78. The van der Waals surface area contributed by atoms with Crippen LogP contribution in [0.3, 0.4) is 0 Å². The van der Waals surface area contributed by atoms with Gasteiger partial charge in [-0.05, 0) is 64.4 Å². The number of methoxy groups -OCH3 is 1. The van der Waals surface area contributed by atoms with E-state index in [0.717, 1.165) is 31.3 Å². The number of nitrogens with zero attached hydrogens (tertiary/aromatic N) is 2. The standard InChI is InChI=1S/C21H36N4O2S/c1-21(2,3)28(26)15-12-23-20(22-4)24-16-19(25-13-6-7-14-25)17-8-10-18(27-5)11-9-17/h8-11,19H,6-7,12-16H2,1-5H3,(H2,22,23,24). The molecular formula is C21H36N4O2S. The minimum Gasteiger partial charge on any atom is -0.497 e. The molecule has 1 fully saturated rings. The number of rotatable bonds is 8. The molecule has 28 heavy (non-hydrogen) atoms. The van der Waals surface area contributed by atoms with E-state index in [1.165, 1.54) is 18.4 Å². The minimum atomic E-state index is -0.869. The van der Waals surface area contributed by atoms with E-state index in [4.69, 9.17) is 4.74 Å². The number of hydrogen-bond acceptors (Lipinski definition) is 4. The summed E-state index contributed by atoms with van der Waals surface area (Å²) < 4.78 is 17.3. The van der Waals surface area contributed by atoms with Gasteiger partial charge < -0.3 is 15.4 Å². The first-order valence-corrected chi connectivity index (χ1v) is 11.4. The van der Waals surface area contributed by atoms with Gasteiger partial charge in [0.15, 0.2) is 5.96 Å². The van der Waals surface area contributed by atoms with Crippen molar-refractivity contribution in [3.05, 3.63) is 29.8 Å². The minimum absolute atomic E-state index is 0.187. The Kier molecular flexibility index (Phi) is 8.76. The van der Waals surface area contributed by atoms with E-state index in [2.05, 4.69) is 32.7 Å². The average molecular weight is 409 g/mol. The van der Waals surface area contributed by atoms with Gasteiger partial charge in [0.25, 0.3) is 0 Å². The molecule has 1 heterocycles. The molecule has 0 bridgehead atoms. The molecular weight excluding hydrogens is 372 g/mol. The number of aliphatic imine (C=N–C) groups is 1. The second-order valence-electron chi connectivity index (χ2n) is 8.07. The zero-order valence-corrected chi connectivity index (χ0v) is 18.8. The SMILES string of the molecule is CN=C(NCCS(=O)C(C)(C)C)NCC(c1ccc(OC)cc1)N1CCCC1. The van der Waals surface area contributed by atoms with Crippen LogP contribution in [-0.4, -0.2) is 65.9 Å². The first-order valence-electron chi connectivity index (χ1n) is 10.1. The highest BCUT2D eigenvalue weighted by Crippen LogP contribution is 2.26. The van der Waals surface area contributed by atoms with E-state index in [9.17, 15) is 4.21 Å². The maximum atomic E-state index is 12.2. The molecule has 158 valence electrons. The van der Waals surface area contributed by atoms with Gasteiger partial charge in [-0.15, -0.1) is 0 Å². The zero-order chi connectivity index (χ0) is 20.6. The molecule has 2 unspecified atom stereocenters. The average Bonchev–Trinajstić information content (AvgIpc) is 3.20. The Hall–Kier alpha value is -1.60. The lowest BCUT2D eigenvalue weighted by Gasteiger charge is -2.29. The molecule has 2 N–H and O–H groups in total. The van der Waals surface area contributed by atoms with E-state index in [1.54, 1.807) is 14.2 Å². The Labute approximate surface area is 172 Å². The maximum Gasteiger partial charge on any atom is 0.191 e. The fraction of sp³-hybridized carbons (Fsp3) is 0.667. The lowest BCUT2D eigenvalue weighted by Crippen LogP contribution is -2.44. The van der Waals surface area contributed by atoms with Crippen molar-refractivity contribution < 1.29 is 8.95 Å². The second kappa shape index (κ2) is 10.8. The quantitative estimate of drug-likeness (QED) is 0.511. The smallest absolute Gasteiger partial charge is 0.191 e. The number of likely N-dealkylation sites (tertiary alicyclic amines) is 1. The molecule has 7 heteroatoms. The second-order valence-corrected chi connectivity index (χ2v) is 10.4. The highest BCUT2D eigenvalue weighted by Gasteiger charge is 2.24. The molecule has 1 aromatic carbocycles. The summed E-state index contributed by atoms with van der Waals surface area (Å²) in [6.45, 7) is 9.67. The molecule has 0 radical (unpaired) electrons. The molecule has 2 atom stereocenters. The molecule has 0 amide bonds. The Morgan fingerprint density at radius 3 is 2.39 bits per heavy atom. The molecule has 0 spiro atoms. The van der Waals surface area contributed by atoms with Crippen LogP contribution in [0.5, 0.6) is 5.75 Å². The fourth-order valence-corrected chi connectivity index (χ4v) is 4.22. The van der Waals surface area contributed by atoms with Gasteiger partial charge in [-0.3, -0.25) is 14.1 Å². The third-order valence-electron chi connectivity index (χ3n) is 5.03. The Morgan fingerprint density at radius 1 is 1.21 bits per heavy atom. The summed E-state index contributed by atoms with van der Waals surface area (Å²) in [5.74, 6) is 2.24. The largest absolute Gasteiger partial charge is 0.497 e. The summed E-state index contributed by atoms with van der Waals surface area (Å²) in [6, 6.07) is 8.62. The summed E-state index contributed by atoms with van der Waals surface area (Å²) in [7, 11) is 2.59. The van der Waals surface area contributed by atoms with Gasteiger partial charge in [0.1, 0.15) is 5.75 Å². The first-order chi connectivity index (χ1) is 13.3. The molecule has 6 nitrogen and oxygen atoms in total. The Balaban J connectivity index is 1.94. The predicted octanol–water partition coefficient (Wildman–Crippen LogP) is 2.54. The van der Waals surface area contributed by atoms with Crippen LogP contribution >= 0.6 is 0 Å². The normalized spacial score (nSPS) is 18.0. The summed E-state index contributed by atoms with van der Waals surface area (Å²) in [4.78, 5) is 6.85. The molecule has 0 saturated carbocycles. The van der Waals surface area contributed by atoms with E-state index < -0.39 is 10.8 Å². The Morgan fingerprint density at radius 2 is 1.86 bits per heavy atom. The molecule has 1 aliphatic rings. The molecule has 1 aromatic rings. The van der Waals surface area contributed by atoms with E-state index in [-0.39, 0.29) is 10.8 Å². The van der Waals surface area contributed by atoms with Gasteiger partial charge in [0.2, 0.25) is 0 Å². The number of hydrogen-bond donors (Lipinski definition) is 2. The number of benzene rings is 1. The van der Waals surface area contributed by atoms with Gasteiger partial charge in [0, 0.05) is 41.4 Å². The number of ether oxygens (including phenoxy) is 1. The van der Waals surface area contributed by atoms with Crippen molar-refractivity contribution in [3.63, 3.8) is 0 Å². The predicted molar refractivity (Wildman–Crippen MR) is 119 cm³/mol. The molecule has 1 aliphatic heterocycles. The van der Waals surface area contributed by atoms with Crippen LogP contribution in [-0.2, 0) is 10.8 Å². The molecule has 2 rings (SSSR count). The van der Waals surface area contributed by atoms with Crippen molar-refractivity contribution in [3.8, 4) is 5.75 Å². The van der Waals surface area contributed by atoms with Crippen molar-refractivity contribution in [1.82, 2.24) is 15.5 Å². The van der Waals surface area contributed by atoms with Crippen molar-refractivity contribution in [2.24, 2.45) is 4.99 Å². The highest BCUT2D eigenvalue weighted by molar-refractivity contribution is 7.86. The molecule has 1 saturated heterocycles. The van der Waals surface area contributed by atoms with Gasteiger partial charge in [0.05, 0.1) is 13.2 Å². The van der Waals surface area contributed by atoms with Crippen LogP contribution in [0.4, 0.5) is 0 Å². The van der Waals surface area contributed by atoms with Gasteiger partial charge in [-0.25, -0.2) is 0 Å². The van der Waals surface area contributed by atoms with Crippen LogP contribution in [0.15, 0.2) is 29.3 Å². The van der Waals surface area contributed by atoms with Crippen molar-refractivity contribution in [2.75, 3.05) is 46.1 Å². The monoisotopic (exact) mass is 408 g/mol. The van der Waals surface area contributed by atoms with E-state index >= 15 is 0 Å². The molecule has 0 aromatic heterocycles. The van der Waals surface area contributed by atoms with Crippen LogP contribution in [0, 0.1) is 0 Å². The van der Waals surface area contributed by atoms with E-state index in [1.807, 2.05) is 32.9 Å². The summed E-state index contributed by atoms with van der Waals surface area (Å²) in [5, 5.41) is 6.75. The maximum absolute atomic E-state index is 12.2. The van der Waals surface area contributed by atoms with Crippen LogP contribution in [0.25, 0.3) is 0 Å².